The Bertz CT molecular complexity index is 635. The Labute approximate surface area is 129 Å². The van der Waals surface area contributed by atoms with Gasteiger partial charge in [0.1, 0.15) is 5.75 Å². The van der Waals surface area contributed by atoms with Crippen molar-refractivity contribution in [1.29, 1.82) is 0 Å². The first-order valence-electron chi connectivity index (χ1n) is 6.92. The zero-order valence-electron chi connectivity index (χ0n) is 12.8. The lowest BCUT2D eigenvalue weighted by Gasteiger charge is -2.16. The van der Waals surface area contributed by atoms with Crippen molar-refractivity contribution in [2.45, 2.75) is 40.3 Å². The molecule has 112 valence electrons. The molecule has 1 aromatic heterocycles. The molecule has 1 amide bonds. The third kappa shape index (κ3) is 4.04. The summed E-state index contributed by atoms with van der Waals surface area (Å²) in [7, 11) is 0. The van der Waals surface area contributed by atoms with Crippen molar-refractivity contribution < 1.29 is 9.53 Å². The lowest BCUT2D eigenvalue weighted by molar-refractivity contribution is -0.119. The molecule has 0 atom stereocenters. The van der Waals surface area contributed by atoms with E-state index in [9.17, 15) is 4.79 Å². The number of rotatable bonds is 5. The number of thiazole rings is 1. The van der Waals surface area contributed by atoms with Gasteiger partial charge < -0.3 is 10.1 Å². The van der Waals surface area contributed by atoms with Gasteiger partial charge in [-0.25, -0.2) is 4.98 Å². The van der Waals surface area contributed by atoms with Gasteiger partial charge in [-0.05, 0) is 32.4 Å². The van der Waals surface area contributed by atoms with E-state index in [0.29, 0.717) is 6.54 Å². The molecule has 2 rings (SSSR count). The molecule has 5 heteroatoms. The van der Waals surface area contributed by atoms with Crippen molar-refractivity contribution in [3.05, 3.63) is 35.0 Å². The van der Waals surface area contributed by atoms with E-state index in [1.807, 2.05) is 44.5 Å². The first kappa shape index (κ1) is 15.5. The van der Waals surface area contributed by atoms with Crippen molar-refractivity contribution in [2.75, 3.05) is 0 Å². The first-order valence-corrected chi connectivity index (χ1v) is 7.80. The summed E-state index contributed by atoms with van der Waals surface area (Å²) in [4.78, 5) is 16.5. The molecule has 1 N–H and O–H groups in total. The highest BCUT2D eigenvalue weighted by molar-refractivity contribution is 7.13. The van der Waals surface area contributed by atoms with Crippen LogP contribution in [0, 0.1) is 6.92 Å². The molecule has 0 unspecified atom stereocenters. The van der Waals surface area contributed by atoms with Crippen LogP contribution in [0.3, 0.4) is 0 Å². The van der Waals surface area contributed by atoms with E-state index in [-0.39, 0.29) is 12.0 Å². The third-order valence-corrected chi connectivity index (χ3v) is 3.94. The van der Waals surface area contributed by atoms with Crippen LogP contribution in [-0.2, 0) is 11.3 Å². The molecule has 0 aliphatic carbocycles. The first-order chi connectivity index (χ1) is 9.97. The molecule has 0 fully saturated rings. The second-order valence-electron chi connectivity index (χ2n) is 5.17. The van der Waals surface area contributed by atoms with Crippen LogP contribution in [0.15, 0.2) is 23.7 Å². The fourth-order valence-corrected chi connectivity index (χ4v) is 2.81. The standard InChI is InChI=1S/C16H20N2O2S/c1-10(2)20-15-7-13(16-11(3)18-9-21-16)5-6-14(15)8-17-12(4)19/h5-7,9-10H,8H2,1-4H3,(H,17,19). The maximum Gasteiger partial charge on any atom is 0.217 e. The molecular formula is C16H20N2O2S. The number of amides is 1. The Morgan fingerprint density at radius 3 is 2.76 bits per heavy atom. The summed E-state index contributed by atoms with van der Waals surface area (Å²) in [6.07, 6.45) is 0.0823. The quantitative estimate of drug-likeness (QED) is 0.919. The zero-order valence-corrected chi connectivity index (χ0v) is 13.6. The second kappa shape index (κ2) is 6.72. The van der Waals surface area contributed by atoms with E-state index in [2.05, 4.69) is 10.3 Å². The third-order valence-electron chi connectivity index (χ3n) is 2.97. The van der Waals surface area contributed by atoms with E-state index in [1.165, 1.54) is 6.92 Å². The number of carbonyl (C=O) groups is 1. The number of aromatic nitrogens is 1. The van der Waals surface area contributed by atoms with Gasteiger partial charge in [-0.3, -0.25) is 4.79 Å². The van der Waals surface area contributed by atoms with Crippen LogP contribution in [-0.4, -0.2) is 17.0 Å². The van der Waals surface area contributed by atoms with Gasteiger partial charge >= 0.3 is 0 Å². The molecule has 4 nitrogen and oxygen atoms in total. The highest BCUT2D eigenvalue weighted by Gasteiger charge is 2.11. The number of benzene rings is 1. The number of ether oxygens (including phenoxy) is 1. The topological polar surface area (TPSA) is 51.2 Å². The van der Waals surface area contributed by atoms with Crippen molar-refractivity contribution in [1.82, 2.24) is 10.3 Å². The van der Waals surface area contributed by atoms with Gasteiger partial charge in [0.05, 0.1) is 22.2 Å². The van der Waals surface area contributed by atoms with Crippen LogP contribution in [0.1, 0.15) is 32.0 Å². The van der Waals surface area contributed by atoms with E-state index in [0.717, 1.165) is 27.4 Å². The monoisotopic (exact) mass is 304 g/mol. The molecule has 0 bridgehead atoms. The summed E-state index contributed by atoms with van der Waals surface area (Å²) in [5.41, 5.74) is 4.94. The van der Waals surface area contributed by atoms with Crippen LogP contribution in [0.4, 0.5) is 0 Å². The minimum absolute atomic E-state index is 0.0483. The average molecular weight is 304 g/mol. The highest BCUT2D eigenvalue weighted by Crippen LogP contribution is 2.32. The Balaban J connectivity index is 2.34. The Kier molecular flexibility index (Phi) is 4.96. The highest BCUT2D eigenvalue weighted by atomic mass is 32.1. The molecule has 1 heterocycles. The Morgan fingerprint density at radius 1 is 1.43 bits per heavy atom. The molecule has 21 heavy (non-hydrogen) atoms. The summed E-state index contributed by atoms with van der Waals surface area (Å²) in [6.45, 7) is 7.97. The van der Waals surface area contributed by atoms with Gasteiger partial charge in [-0.2, -0.15) is 0 Å². The van der Waals surface area contributed by atoms with E-state index >= 15 is 0 Å². The number of hydrogen-bond acceptors (Lipinski definition) is 4. The number of hydrogen-bond donors (Lipinski definition) is 1. The average Bonchev–Trinajstić information content (AvgIpc) is 2.82. The summed E-state index contributed by atoms with van der Waals surface area (Å²) in [5, 5.41) is 2.81. The molecule has 0 spiro atoms. The van der Waals surface area contributed by atoms with Crippen LogP contribution >= 0.6 is 11.3 Å². The molecule has 1 aromatic carbocycles. The van der Waals surface area contributed by atoms with Crippen LogP contribution in [0.5, 0.6) is 5.75 Å². The minimum Gasteiger partial charge on any atom is -0.491 e. The van der Waals surface area contributed by atoms with Crippen LogP contribution in [0.25, 0.3) is 10.4 Å². The van der Waals surface area contributed by atoms with Gasteiger partial charge in [0.2, 0.25) is 5.91 Å². The SMILES string of the molecule is CC(=O)NCc1ccc(-c2scnc2C)cc1OC(C)C. The van der Waals surface area contributed by atoms with Crippen LogP contribution in [0.2, 0.25) is 0 Å². The van der Waals surface area contributed by atoms with Crippen molar-refractivity contribution in [3.63, 3.8) is 0 Å². The molecule has 0 aliphatic rings. The molecule has 0 saturated carbocycles. The molecule has 0 aliphatic heterocycles. The van der Waals surface area contributed by atoms with E-state index in [4.69, 9.17) is 4.74 Å². The number of nitrogens with zero attached hydrogens (tertiary/aromatic N) is 1. The summed E-state index contributed by atoms with van der Waals surface area (Å²) in [5.74, 6) is 0.761. The lowest BCUT2D eigenvalue weighted by Crippen LogP contribution is -2.20. The lowest BCUT2D eigenvalue weighted by atomic mass is 10.1. The maximum absolute atomic E-state index is 11.1. The Hall–Kier alpha value is -1.88. The van der Waals surface area contributed by atoms with Crippen molar-refractivity contribution in [3.8, 4) is 16.2 Å². The van der Waals surface area contributed by atoms with Gasteiger partial charge in [0, 0.05) is 19.0 Å². The Morgan fingerprint density at radius 2 is 2.19 bits per heavy atom. The molecule has 2 aromatic rings. The van der Waals surface area contributed by atoms with E-state index < -0.39 is 0 Å². The van der Waals surface area contributed by atoms with Gasteiger partial charge in [-0.15, -0.1) is 11.3 Å². The van der Waals surface area contributed by atoms with Gasteiger partial charge in [-0.1, -0.05) is 12.1 Å². The largest absolute Gasteiger partial charge is 0.491 e. The second-order valence-corrected chi connectivity index (χ2v) is 6.02. The summed E-state index contributed by atoms with van der Waals surface area (Å²) < 4.78 is 5.89. The minimum atomic E-state index is -0.0483. The van der Waals surface area contributed by atoms with E-state index in [1.54, 1.807) is 11.3 Å². The number of aryl methyl sites for hydroxylation is 1. The molecule has 0 saturated heterocycles. The normalized spacial score (nSPS) is 10.7. The predicted molar refractivity (Wildman–Crippen MR) is 85.6 cm³/mol. The van der Waals surface area contributed by atoms with Gasteiger partial charge in [0.15, 0.2) is 0 Å². The maximum atomic E-state index is 11.1. The van der Waals surface area contributed by atoms with Crippen molar-refractivity contribution >= 4 is 17.2 Å². The van der Waals surface area contributed by atoms with Crippen LogP contribution < -0.4 is 10.1 Å². The summed E-state index contributed by atoms with van der Waals surface area (Å²) in [6, 6.07) is 6.07. The molecular weight excluding hydrogens is 284 g/mol. The molecule has 0 radical (unpaired) electrons. The number of carbonyl (C=O) groups excluding carboxylic acids is 1. The smallest absolute Gasteiger partial charge is 0.217 e. The number of nitrogens with one attached hydrogen (secondary N) is 1. The fourth-order valence-electron chi connectivity index (χ4n) is 2.00. The zero-order chi connectivity index (χ0) is 15.4. The van der Waals surface area contributed by atoms with Crippen molar-refractivity contribution in [2.24, 2.45) is 0 Å². The fraction of sp³-hybridized carbons (Fsp3) is 0.375. The summed E-state index contributed by atoms with van der Waals surface area (Å²) >= 11 is 1.62. The van der Waals surface area contributed by atoms with Gasteiger partial charge in [0.25, 0.3) is 0 Å². The predicted octanol–water partition coefficient (Wildman–Crippen LogP) is 3.54.